The Bertz CT molecular complexity index is 612. The van der Waals surface area contributed by atoms with E-state index >= 15 is 0 Å². The number of nitrogens with one attached hydrogen (secondary N) is 3. The molecule has 8 nitrogen and oxygen atoms in total. The van der Waals surface area contributed by atoms with Crippen LogP contribution < -0.4 is 25.6 Å². The Hall–Kier alpha value is -2.03. The van der Waals surface area contributed by atoms with Crippen molar-refractivity contribution in [3.63, 3.8) is 0 Å². The molecule has 2 atom stereocenters. The summed E-state index contributed by atoms with van der Waals surface area (Å²) in [5.74, 6) is 2.02. The van der Waals surface area contributed by atoms with Gasteiger partial charge in [0, 0.05) is 32.1 Å². The minimum atomic E-state index is -0.209. The highest BCUT2D eigenvalue weighted by atomic mass is 16.7. The molecule has 2 fully saturated rings. The molecule has 4 rings (SSSR count). The summed E-state index contributed by atoms with van der Waals surface area (Å²) in [6, 6.07) is 6.29. The van der Waals surface area contributed by atoms with E-state index in [1.807, 2.05) is 12.1 Å². The molecule has 1 aromatic rings. The first-order valence-electron chi connectivity index (χ1n) is 8.31. The topological polar surface area (TPSA) is 84.1 Å². The molecule has 2 unspecified atom stereocenters. The maximum atomic E-state index is 11.4. The van der Waals surface area contributed by atoms with Gasteiger partial charge in [0.1, 0.15) is 6.61 Å². The van der Waals surface area contributed by atoms with Gasteiger partial charge in [-0.3, -0.25) is 5.43 Å². The third kappa shape index (κ3) is 3.12. The van der Waals surface area contributed by atoms with Crippen LogP contribution in [0.3, 0.4) is 0 Å². The number of benzene rings is 1. The molecule has 8 heteroatoms. The second-order valence-corrected chi connectivity index (χ2v) is 6.18. The van der Waals surface area contributed by atoms with Gasteiger partial charge in [-0.1, -0.05) is 6.07 Å². The lowest BCUT2D eigenvalue weighted by Gasteiger charge is -2.20. The Morgan fingerprint density at radius 2 is 2.17 bits per heavy atom. The van der Waals surface area contributed by atoms with E-state index in [2.05, 4.69) is 22.2 Å². The van der Waals surface area contributed by atoms with Gasteiger partial charge in [-0.05, 0) is 17.7 Å². The van der Waals surface area contributed by atoms with Crippen LogP contribution in [0.1, 0.15) is 11.6 Å². The smallest absolute Gasteiger partial charge is 0.409 e. The van der Waals surface area contributed by atoms with Crippen molar-refractivity contribution in [1.29, 1.82) is 0 Å². The monoisotopic (exact) mass is 334 g/mol. The zero-order valence-corrected chi connectivity index (χ0v) is 13.4. The van der Waals surface area contributed by atoms with Crippen LogP contribution in [0.5, 0.6) is 11.5 Å². The fraction of sp³-hybridized carbons (Fsp3) is 0.562. The molecule has 0 aromatic heterocycles. The summed E-state index contributed by atoms with van der Waals surface area (Å²) in [5, 5.41) is 3.44. The van der Waals surface area contributed by atoms with Crippen LogP contribution in [0.4, 0.5) is 4.79 Å². The number of carbonyl (C=O) groups is 1. The van der Waals surface area contributed by atoms with Crippen LogP contribution in [0.25, 0.3) is 0 Å². The number of rotatable bonds is 6. The van der Waals surface area contributed by atoms with Crippen LogP contribution >= 0.6 is 0 Å². The fourth-order valence-electron chi connectivity index (χ4n) is 3.32. The van der Waals surface area contributed by atoms with Crippen LogP contribution in [0.15, 0.2) is 18.2 Å². The van der Waals surface area contributed by atoms with Gasteiger partial charge in [0.25, 0.3) is 0 Å². The van der Waals surface area contributed by atoms with E-state index in [1.165, 1.54) is 5.56 Å². The number of hydrogen-bond donors (Lipinski definition) is 3. The predicted octanol–water partition coefficient (Wildman–Crippen LogP) is 0.222. The number of ether oxygens (including phenoxy) is 3. The molecule has 3 heterocycles. The number of fused-ring (bicyclic) bond motifs is 1. The Kier molecular flexibility index (Phi) is 4.42. The molecular formula is C16H22N4O4. The van der Waals surface area contributed by atoms with Gasteiger partial charge in [0.05, 0.1) is 12.6 Å². The van der Waals surface area contributed by atoms with Gasteiger partial charge in [0.15, 0.2) is 11.5 Å². The number of nitrogens with zero attached hydrogens (tertiary/aromatic N) is 1. The quantitative estimate of drug-likeness (QED) is 0.642. The van der Waals surface area contributed by atoms with Crippen molar-refractivity contribution in [3.8, 4) is 11.5 Å². The number of hydrogen-bond acceptors (Lipinski definition) is 7. The third-order valence-electron chi connectivity index (χ3n) is 4.66. The molecule has 1 amide bonds. The van der Waals surface area contributed by atoms with Gasteiger partial charge in [-0.25, -0.2) is 10.2 Å². The first kappa shape index (κ1) is 15.5. The summed E-state index contributed by atoms with van der Waals surface area (Å²) in [6.07, 6.45) is -0.209. The molecule has 0 spiro atoms. The highest BCUT2D eigenvalue weighted by Gasteiger charge is 2.29. The molecule has 2 saturated heterocycles. The largest absolute Gasteiger partial charge is 0.454 e. The van der Waals surface area contributed by atoms with E-state index in [4.69, 9.17) is 14.2 Å². The number of amides is 1. The minimum Gasteiger partial charge on any atom is -0.454 e. The Balaban J connectivity index is 1.29. The number of cyclic esters (lactones) is 1. The zero-order valence-electron chi connectivity index (χ0n) is 13.4. The van der Waals surface area contributed by atoms with E-state index in [1.54, 1.807) is 4.90 Å². The normalized spacial score (nSPS) is 25.3. The van der Waals surface area contributed by atoms with Crippen molar-refractivity contribution in [2.75, 3.05) is 46.1 Å². The maximum absolute atomic E-state index is 11.4. The van der Waals surface area contributed by atoms with Crippen molar-refractivity contribution in [3.05, 3.63) is 23.8 Å². The highest BCUT2D eigenvalue weighted by Crippen LogP contribution is 2.36. The second-order valence-electron chi connectivity index (χ2n) is 6.18. The summed E-state index contributed by atoms with van der Waals surface area (Å²) in [7, 11) is 0. The van der Waals surface area contributed by atoms with E-state index in [-0.39, 0.29) is 12.1 Å². The molecule has 3 aliphatic rings. The second kappa shape index (κ2) is 6.84. The third-order valence-corrected chi connectivity index (χ3v) is 4.66. The summed E-state index contributed by atoms with van der Waals surface area (Å²) in [4.78, 5) is 13.1. The van der Waals surface area contributed by atoms with Gasteiger partial charge >= 0.3 is 6.09 Å². The van der Waals surface area contributed by atoms with Crippen molar-refractivity contribution in [1.82, 2.24) is 21.1 Å². The lowest BCUT2D eigenvalue weighted by molar-refractivity contribution is 0.158. The Labute approximate surface area is 140 Å². The Morgan fingerprint density at radius 1 is 1.25 bits per heavy atom. The van der Waals surface area contributed by atoms with Crippen molar-refractivity contribution < 1.29 is 19.0 Å². The minimum absolute atomic E-state index is 0.209. The fourth-order valence-corrected chi connectivity index (χ4v) is 3.32. The lowest BCUT2D eigenvalue weighted by atomic mass is 9.94. The molecule has 1 aromatic carbocycles. The van der Waals surface area contributed by atoms with E-state index in [0.29, 0.717) is 32.4 Å². The van der Waals surface area contributed by atoms with Crippen LogP contribution in [0.2, 0.25) is 0 Å². The van der Waals surface area contributed by atoms with Crippen molar-refractivity contribution >= 4 is 6.09 Å². The first-order valence-corrected chi connectivity index (χ1v) is 8.31. The molecule has 0 saturated carbocycles. The molecule has 3 N–H and O–H groups in total. The summed E-state index contributed by atoms with van der Waals surface area (Å²) < 4.78 is 15.8. The molecule has 0 bridgehead atoms. The Morgan fingerprint density at radius 3 is 3.04 bits per heavy atom. The maximum Gasteiger partial charge on any atom is 0.409 e. The first-order chi connectivity index (χ1) is 11.8. The summed E-state index contributed by atoms with van der Waals surface area (Å²) >= 11 is 0. The number of hydrazine groups is 1. The van der Waals surface area contributed by atoms with Crippen LogP contribution in [0, 0.1) is 5.92 Å². The molecule has 0 aliphatic carbocycles. The highest BCUT2D eigenvalue weighted by molar-refractivity contribution is 5.69. The molecular weight excluding hydrogens is 312 g/mol. The van der Waals surface area contributed by atoms with Crippen molar-refractivity contribution in [2.45, 2.75) is 6.04 Å². The average Bonchev–Trinajstić information content (AvgIpc) is 3.32. The summed E-state index contributed by atoms with van der Waals surface area (Å²) in [6.45, 7) is 4.67. The van der Waals surface area contributed by atoms with E-state index < -0.39 is 0 Å². The SMILES string of the molecule is O=C1OCCN1CCNCC1CNNC1c1ccc2c(c1)OCO2. The number of carbonyl (C=O) groups excluding carboxylic acids is 1. The van der Waals surface area contributed by atoms with Gasteiger partial charge in [0.2, 0.25) is 6.79 Å². The van der Waals surface area contributed by atoms with E-state index in [0.717, 1.165) is 31.1 Å². The predicted molar refractivity (Wildman–Crippen MR) is 85.7 cm³/mol. The van der Waals surface area contributed by atoms with Gasteiger partial charge < -0.3 is 24.4 Å². The molecule has 24 heavy (non-hydrogen) atoms. The molecule has 130 valence electrons. The zero-order chi connectivity index (χ0) is 16.4. The van der Waals surface area contributed by atoms with E-state index in [9.17, 15) is 4.79 Å². The average molecular weight is 334 g/mol. The van der Waals surface area contributed by atoms with Crippen LogP contribution in [-0.4, -0.2) is 57.1 Å². The van der Waals surface area contributed by atoms with Crippen molar-refractivity contribution in [2.24, 2.45) is 5.92 Å². The lowest BCUT2D eigenvalue weighted by Crippen LogP contribution is -2.36. The standard InChI is InChI=1S/C16H22N4O4/c21-16-20(5-6-22-16)4-3-17-8-12-9-18-19-15(12)11-1-2-13-14(7-11)24-10-23-13/h1-2,7,12,15,17-19H,3-6,8-10H2. The molecule has 3 aliphatic heterocycles. The van der Waals surface area contributed by atoms with Gasteiger partial charge in [-0.2, -0.15) is 0 Å². The van der Waals surface area contributed by atoms with Crippen LogP contribution in [-0.2, 0) is 4.74 Å². The van der Waals surface area contributed by atoms with Gasteiger partial charge in [-0.15, -0.1) is 0 Å². The summed E-state index contributed by atoms with van der Waals surface area (Å²) in [5.41, 5.74) is 7.74. The molecule has 0 radical (unpaired) electrons.